The van der Waals surface area contributed by atoms with E-state index in [1.165, 1.54) is 0 Å². The van der Waals surface area contributed by atoms with Crippen LogP contribution in [0.1, 0.15) is 39.5 Å². The van der Waals surface area contributed by atoms with Crippen LogP contribution in [0.25, 0.3) is 0 Å². The van der Waals surface area contributed by atoms with Crippen molar-refractivity contribution in [2.75, 3.05) is 32.8 Å². The van der Waals surface area contributed by atoms with Crippen molar-refractivity contribution in [1.29, 1.82) is 0 Å². The Morgan fingerprint density at radius 3 is 2.81 bits per heavy atom. The molecule has 0 aromatic rings. The standard InChI is InChI=1S/C15H28N2O4/c1-12(2)6-9-21-10-7-16-15(20)17-8-5-13(11-17)3-4-14(18)19/h12-13H,3-11H2,1-2H3,(H,16,20)(H,18,19). The second-order valence-electron chi connectivity index (χ2n) is 6.06. The Hall–Kier alpha value is -1.30. The molecule has 0 aliphatic carbocycles. The summed E-state index contributed by atoms with van der Waals surface area (Å²) in [6, 6.07) is -0.0692. The Balaban J connectivity index is 2.06. The molecule has 0 aromatic heterocycles. The average Bonchev–Trinajstić information content (AvgIpc) is 2.88. The summed E-state index contributed by atoms with van der Waals surface area (Å²) in [7, 11) is 0. The molecule has 0 bridgehead atoms. The van der Waals surface area contributed by atoms with Gasteiger partial charge in [0.25, 0.3) is 0 Å². The average molecular weight is 300 g/mol. The van der Waals surface area contributed by atoms with Gasteiger partial charge in [-0.1, -0.05) is 13.8 Å². The molecular formula is C15H28N2O4. The van der Waals surface area contributed by atoms with Gasteiger partial charge < -0.3 is 20.1 Å². The van der Waals surface area contributed by atoms with E-state index in [1.807, 2.05) is 0 Å². The van der Waals surface area contributed by atoms with Crippen LogP contribution in [0.15, 0.2) is 0 Å². The van der Waals surface area contributed by atoms with Crippen molar-refractivity contribution in [1.82, 2.24) is 10.2 Å². The van der Waals surface area contributed by atoms with Crippen LogP contribution >= 0.6 is 0 Å². The van der Waals surface area contributed by atoms with E-state index in [-0.39, 0.29) is 12.5 Å². The zero-order valence-corrected chi connectivity index (χ0v) is 13.1. The first-order valence-electron chi connectivity index (χ1n) is 7.81. The van der Waals surface area contributed by atoms with Gasteiger partial charge in [-0.05, 0) is 31.1 Å². The number of ether oxygens (including phenoxy) is 1. The summed E-state index contributed by atoms with van der Waals surface area (Å²) in [5.41, 5.74) is 0. The van der Waals surface area contributed by atoms with Crippen LogP contribution < -0.4 is 5.32 Å². The van der Waals surface area contributed by atoms with E-state index < -0.39 is 5.97 Å². The summed E-state index contributed by atoms with van der Waals surface area (Å²) < 4.78 is 5.45. The summed E-state index contributed by atoms with van der Waals surface area (Å²) in [6.45, 7) is 7.46. The molecule has 0 aromatic carbocycles. The minimum absolute atomic E-state index is 0.0692. The van der Waals surface area contributed by atoms with Gasteiger partial charge in [-0.3, -0.25) is 4.79 Å². The van der Waals surface area contributed by atoms with E-state index in [0.29, 0.717) is 44.5 Å². The van der Waals surface area contributed by atoms with E-state index in [9.17, 15) is 9.59 Å². The van der Waals surface area contributed by atoms with Gasteiger partial charge in [0.2, 0.25) is 0 Å². The third-order valence-corrected chi connectivity index (χ3v) is 3.70. The number of carbonyl (C=O) groups excluding carboxylic acids is 1. The molecular weight excluding hydrogens is 272 g/mol. The lowest BCUT2D eigenvalue weighted by Gasteiger charge is -2.17. The van der Waals surface area contributed by atoms with Crippen LogP contribution in [0.5, 0.6) is 0 Å². The van der Waals surface area contributed by atoms with E-state index >= 15 is 0 Å². The summed E-state index contributed by atoms with van der Waals surface area (Å²) in [4.78, 5) is 24.2. The molecule has 1 aliphatic heterocycles. The fraction of sp³-hybridized carbons (Fsp3) is 0.867. The number of hydrogen-bond acceptors (Lipinski definition) is 3. The lowest BCUT2D eigenvalue weighted by atomic mass is 10.0. The Labute approximate surface area is 126 Å². The molecule has 1 fully saturated rings. The zero-order chi connectivity index (χ0) is 15.7. The van der Waals surface area contributed by atoms with Gasteiger partial charge in [-0.15, -0.1) is 0 Å². The fourth-order valence-electron chi connectivity index (χ4n) is 2.34. The highest BCUT2D eigenvalue weighted by molar-refractivity contribution is 5.74. The van der Waals surface area contributed by atoms with E-state index in [0.717, 1.165) is 19.4 Å². The van der Waals surface area contributed by atoms with Gasteiger partial charge >= 0.3 is 12.0 Å². The first-order valence-corrected chi connectivity index (χ1v) is 7.81. The van der Waals surface area contributed by atoms with Crippen molar-refractivity contribution < 1.29 is 19.4 Å². The monoisotopic (exact) mass is 300 g/mol. The maximum Gasteiger partial charge on any atom is 0.317 e. The summed E-state index contributed by atoms with van der Waals surface area (Å²) >= 11 is 0. The molecule has 1 atom stereocenters. The number of carbonyl (C=O) groups is 2. The predicted molar refractivity (Wildman–Crippen MR) is 80.2 cm³/mol. The quantitative estimate of drug-likeness (QED) is 0.638. The molecule has 2 amide bonds. The molecule has 1 heterocycles. The molecule has 0 spiro atoms. The van der Waals surface area contributed by atoms with Crippen molar-refractivity contribution >= 4 is 12.0 Å². The number of carboxylic acids is 1. The van der Waals surface area contributed by atoms with Crippen LogP contribution in [-0.4, -0.2) is 54.9 Å². The van der Waals surface area contributed by atoms with Crippen molar-refractivity contribution in [2.24, 2.45) is 11.8 Å². The fourth-order valence-corrected chi connectivity index (χ4v) is 2.34. The van der Waals surface area contributed by atoms with E-state index in [1.54, 1.807) is 4.90 Å². The summed E-state index contributed by atoms with van der Waals surface area (Å²) in [6.07, 6.45) is 2.76. The van der Waals surface area contributed by atoms with Crippen LogP contribution in [0.2, 0.25) is 0 Å². The van der Waals surface area contributed by atoms with E-state index in [2.05, 4.69) is 19.2 Å². The second kappa shape index (κ2) is 9.60. The second-order valence-corrected chi connectivity index (χ2v) is 6.06. The Morgan fingerprint density at radius 2 is 2.14 bits per heavy atom. The summed E-state index contributed by atoms with van der Waals surface area (Å²) in [5.74, 6) is 0.178. The van der Waals surface area contributed by atoms with Gasteiger partial charge in [-0.2, -0.15) is 0 Å². The topological polar surface area (TPSA) is 78.9 Å². The number of amides is 2. The molecule has 1 rings (SSSR count). The van der Waals surface area contributed by atoms with Crippen LogP contribution in [0, 0.1) is 11.8 Å². The third kappa shape index (κ3) is 7.90. The van der Waals surface area contributed by atoms with Crippen molar-refractivity contribution in [3.8, 4) is 0 Å². The SMILES string of the molecule is CC(C)CCOCCNC(=O)N1CCC(CCC(=O)O)C1. The first-order chi connectivity index (χ1) is 9.99. The lowest BCUT2D eigenvalue weighted by Crippen LogP contribution is -2.40. The van der Waals surface area contributed by atoms with Gasteiger partial charge in [-0.25, -0.2) is 4.79 Å². The van der Waals surface area contributed by atoms with Crippen LogP contribution in [0.3, 0.4) is 0 Å². The molecule has 0 radical (unpaired) electrons. The maximum atomic E-state index is 11.9. The highest BCUT2D eigenvalue weighted by Crippen LogP contribution is 2.20. The van der Waals surface area contributed by atoms with Gasteiger partial charge in [0.1, 0.15) is 0 Å². The number of nitrogens with zero attached hydrogens (tertiary/aromatic N) is 1. The van der Waals surface area contributed by atoms with Crippen molar-refractivity contribution in [3.05, 3.63) is 0 Å². The number of likely N-dealkylation sites (tertiary alicyclic amines) is 1. The van der Waals surface area contributed by atoms with Crippen LogP contribution in [-0.2, 0) is 9.53 Å². The summed E-state index contributed by atoms with van der Waals surface area (Å²) in [5, 5.41) is 11.5. The van der Waals surface area contributed by atoms with Gasteiger partial charge in [0.05, 0.1) is 6.61 Å². The van der Waals surface area contributed by atoms with Crippen molar-refractivity contribution in [3.63, 3.8) is 0 Å². The highest BCUT2D eigenvalue weighted by Gasteiger charge is 2.26. The molecule has 0 saturated carbocycles. The lowest BCUT2D eigenvalue weighted by molar-refractivity contribution is -0.137. The minimum Gasteiger partial charge on any atom is -0.481 e. The Bertz CT molecular complexity index is 334. The molecule has 1 unspecified atom stereocenters. The first kappa shape index (κ1) is 17.8. The molecule has 122 valence electrons. The van der Waals surface area contributed by atoms with E-state index in [4.69, 9.17) is 9.84 Å². The number of rotatable bonds is 9. The van der Waals surface area contributed by atoms with Crippen LogP contribution in [0.4, 0.5) is 4.79 Å². The predicted octanol–water partition coefficient (Wildman–Crippen LogP) is 1.95. The number of urea groups is 1. The Morgan fingerprint density at radius 1 is 1.38 bits per heavy atom. The largest absolute Gasteiger partial charge is 0.481 e. The molecule has 1 aliphatic rings. The Kier molecular flexibility index (Phi) is 8.12. The molecule has 21 heavy (non-hydrogen) atoms. The number of aliphatic carboxylic acids is 1. The number of nitrogens with one attached hydrogen (secondary N) is 1. The maximum absolute atomic E-state index is 11.9. The smallest absolute Gasteiger partial charge is 0.317 e. The highest BCUT2D eigenvalue weighted by atomic mass is 16.5. The molecule has 6 nitrogen and oxygen atoms in total. The zero-order valence-electron chi connectivity index (χ0n) is 13.1. The minimum atomic E-state index is -0.767. The van der Waals surface area contributed by atoms with Crippen molar-refractivity contribution in [2.45, 2.75) is 39.5 Å². The van der Waals surface area contributed by atoms with Gasteiger partial charge in [0.15, 0.2) is 0 Å². The number of hydrogen-bond donors (Lipinski definition) is 2. The third-order valence-electron chi connectivity index (χ3n) is 3.70. The molecule has 2 N–H and O–H groups in total. The normalized spacial score (nSPS) is 18.2. The number of carboxylic acid groups (broad SMARTS) is 1. The molecule has 1 saturated heterocycles. The van der Waals surface area contributed by atoms with Gasteiger partial charge in [0, 0.05) is 32.7 Å². The molecule has 6 heteroatoms.